The zero-order valence-electron chi connectivity index (χ0n) is 30.0. The summed E-state index contributed by atoms with van der Waals surface area (Å²) in [5.41, 5.74) is 0.0438. The van der Waals surface area contributed by atoms with E-state index in [-0.39, 0.29) is 38.0 Å². The minimum atomic E-state index is -1.05. The maximum atomic E-state index is 14.1. The number of carbonyl (C=O) groups excluding carboxylic acids is 6. The lowest BCUT2D eigenvalue weighted by atomic mass is 9.85. The van der Waals surface area contributed by atoms with Crippen LogP contribution in [0.5, 0.6) is 0 Å². The molecular weight excluding hydrogens is 614 g/mol. The number of ketones is 1. The van der Waals surface area contributed by atoms with Crippen LogP contribution >= 0.6 is 0 Å². The standard InChI is InChI=1S/C33H49N5O7.C3H8/c1-8-13-24(27(40)30(42)34-16-9-2)36-29(41)25-17-23(21(3)4)19-38(25)31(43)28(33(5,6)7)37-32(44)35-18-26(39)45-20-22-14-11-10-12-15-22;1-3-2/h9-12,14-15,21,23-25,28H,2,8,13,16-20H2,1,3-7H3,(H,34,42)(H,36,41)(H2,35,37,44);3H2,1-2H3/t23-,24?,25+,28?;/m1./s1. The molecule has 1 aromatic rings. The van der Waals surface area contributed by atoms with Gasteiger partial charge in [0.25, 0.3) is 5.91 Å². The van der Waals surface area contributed by atoms with Crippen molar-refractivity contribution in [3.05, 3.63) is 48.6 Å². The summed E-state index contributed by atoms with van der Waals surface area (Å²) in [6.45, 7) is 19.0. The number of hydrogen-bond acceptors (Lipinski definition) is 7. The molecule has 4 atom stereocenters. The van der Waals surface area contributed by atoms with Gasteiger partial charge in [-0.25, -0.2) is 4.79 Å². The summed E-state index contributed by atoms with van der Waals surface area (Å²) in [5.74, 6) is -3.07. The fourth-order valence-electron chi connectivity index (χ4n) is 5.02. The Morgan fingerprint density at radius 2 is 1.62 bits per heavy atom. The van der Waals surface area contributed by atoms with Gasteiger partial charge in [0.1, 0.15) is 25.2 Å². The van der Waals surface area contributed by atoms with Crippen LogP contribution < -0.4 is 21.3 Å². The highest BCUT2D eigenvalue weighted by Crippen LogP contribution is 2.32. The molecule has 268 valence electrons. The summed E-state index contributed by atoms with van der Waals surface area (Å²) < 4.78 is 5.20. The zero-order chi connectivity index (χ0) is 36.4. The van der Waals surface area contributed by atoms with Crippen LogP contribution in [0.1, 0.15) is 86.6 Å². The van der Waals surface area contributed by atoms with E-state index in [9.17, 15) is 28.8 Å². The third-order valence-electron chi connectivity index (χ3n) is 7.73. The second kappa shape index (κ2) is 20.9. The van der Waals surface area contributed by atoms with Gasteiger partial charge in [-0.15, -0.1) is 6.58 Å². The fourth-order valence-corrected chi connectivity index (χ4v) is 5.02. The normalized spacial score (nSPS) is 16.8. The molecule has 2 rings (SSSR count). The van der Waals surface area contributed by atoms with E-state index in [1.54, 1.807) is 20.8 Å². The van der Waals surface area contributed by atoms with Gasteiger partial charge in [-0.3, -0.25) is 24.0 Å². The predicted molar refractivity (Wildman–Crippen MR) is 185 cm³/mol. The Kier molecular flexibility index (Phi) is 18.2. The molecule has 1 aliphatic heterocycles. The molecule has 1 fully saturated rings. The predicted octanol–water partition coefficient (Wildman–Crippen LogP) is 3.89. The summed E-state index contributed by atoms with van der Waals surface area (Å²) in [7, 11) is 0. The summed E-state index contributed by atoms with van der Waals surface area (Å²) in [4.78, 5) is 79.4. The molecule has 0 aliphatic carbocycles. The van der Waals surface area contributed by atoms with E-state index < -0.39 is 65.6 Å². The molecule has 5 amide bonds. The quantitative estimate of drug-likeness (QED) is 0.125. The number of amides is 5. The number of ether oxygens (including phenoxy) is 1. The molecule has 0 radical (unpaired) electrons. The first-order valence-electron chi connectivity index (χ1n) is 16.9. The lowest BCUT2D eigenvalue weighted by Crippen LogP contribution is -2.60. The van der Waals surface area contributed by atoms with Gasteiger partial charge in [-0.1, -0.05) is 105 Å². The van der Waals surface area contributed by atoms with Crippen LogP contribution in [0.2, 0.25) is 0 Å². The minimum absolute atomic E-state index is 0.00486. The van der Waals surface area contributed by atoms with Gasteiger partial charge in [0, 0.05) is 13.1 Å². The van der Waals surface area contributed by atoms with E-state index in [1.165, 1.54) is 17.4 Å². The van der Waals surface area contributed by atoms with Gasteiger partial charge in [-0.05, 0) is 35.7 Å². The molecule has 1 aromatic carbocycles. The van der Waals surface area contributed by atoms with E-state index in [2.05, 4.69) is 41.7 Å². The highest BCUT2D eigenvalue weighted by atomic mass is 16.5. The van der Waals surface area contributed by atoms with Gasteiger partial charge in [-0.2, -0.15) is 0 Å². The SMILES string of the molecule is C=CCNC(=O)C(=O)C(CCC)NC(=O)[C@@H]1C[C@@H](C(C)C)CN1C(=O)C(NC(=O)NCC(=O)OCc1ccccc1)C(C)(C)C.CCC. The van der Waals surface area contributed by atoms with Gasteiger partial charge < -0.3 is 30.9 Å². The van der Waals surface area contributed by atoms with Crippen LogP contribution in [0.3, 0.4) is 0 Å². The first-order chi connectivity index (χ1) is 22.6. The van der Waals surface area contributed by atoms with Crippen molar-refractivity contribution < 1.29 is 33.5 Å². The lowest BCUT2D eigenvalue weighted by Gasteiger charge is -2.35. The fraction of sp³-hybridized carbons (Fsp3) is 0.611. The van der Waals surface area contributed by atoms with E-state index in [1.807, 2.05) is 51.1 Å². The molecule has 48 heavy (non-hydrogen) atoms. The molecule has 4 N–H and O–H groups in total. The van der Waals surface area contributed by atoms with Crippen LogP contribution in [0.25, 0.3) is 0 Å². The molecular formula is C36H57N5O7. The number of benzene rings is 1. The summed E-state index contributed by atoms with van der Waals surface area (Å²) >= 11 is 0. The minimum Gasteiger partial charge on any atom is -0.460 e. The van der Waals surface area contributed by atoms with Gasteiger partial charge >= 0.3 is 12.0 Å². The molecule has 0 spiro atoms. The van der Waals surface area contributed by atoms with E-state index in [0.29, 0.717) is 12.8 Å². The van der Waals surface area contributed by atoms with Crippen molar-refractivity contribution in [2.24, 2.45) is 17.3 Å². The second-order valence-corrected chi connectivity index (χ2v) is 13.4. The Hall–Kier alpha value is -4.22. The molecule has 1 heterocycles. The number of likely N-dealkylation sites (tertiary alicyclic amines) is 1. The largest absolute Gasteiger partial charge is 0.460 e. The third-order valence-corrected chi connectivity index (χ3v) is 7.73. The molecule has 2 unspecified atom stereocenters. The Labute approximate surface area is 286 Å². The van der Waals surface area contributed by atoms with Crippen LogP contribution in [0.15, 0.2) is 43.0 Å². The van der Waals surface area contributed by atoms with Crippen molar-refractivity contribution in [3.8, 4) is 0 Å². The highest BCUT2D eigenvalue weighted by Gasteiger charge is 2.46. The Bertz CT molecular complexity index is 1230. The zero-order valence-corrected chi connectivity index (χ0v) is 30.0. The average molecular weight is 672 g/mol. The molecule has 1 saturated heterocycles. The van der Waals surface area contributed by atoms with E-state index >= 15 is 0 Å². The van der Waals surface area contributed by atoms with Crippen molar-refractivity contribution in [3.63, 3.8) is 0 Å². The van der Waals surface area contributed by atoms with Crippen LogP contribution in [0, 0.1) is 17.3 Å². The van der Waals surface area contributed by atoms with Crippen molar-refractivity contribution in [1.82, 2.24) is 26.2 Å². The van der Waals surface area contributed by atoms with Gasteiger partial charge in [0.15, 0.2) is 0 Å². The third kappa shape index (κ3) is 13.9. The number of nitrogens with zero attached hydrogens (tertiary/aromatic N) is 1. The van der Waals surface area contributed by atoms with Crippen molar-refractivity contribution in [2.75, 3.05) is 19.6 Å². The molecule has 12 nitrogen and oxygen atoms in total. The van der Waals surface area contributed by atoms with Crippen LogP contribution in [-0.4, -0.2) is 78.2 Å². The first kappa shape index (κ1) is 41.8. The van der Waals surface area contributed by atoms with Crippen LogP contribution in [0.4, 0.5) is 4.79 Å². The van der Waals surface area contributed by atoms with Crippen LogP contribution in [-0.2, 0) is 35.3 Å². The second-order valence-electron chi connectivity index (χ2n) is 13.4. The summed E-state index contributed by atoms with van der Waals surface area (Å²) in [6.07, 6.45) is 3.85. The van der Waals surface area contributed by atoms with Crippen molar-refractivity contribution >= 4 is 35.5 Å². The summed E-state index contributed by atoms with van der Waals surface area (Å²) in [5, 5.41) is 10.3. The number of carbonyl (C=O) groups is 6. The number of hydrogen-bond donors (Lipinski definition) is 4. The molecule has 0 saturated carbocycles. The number of urea groups is 1. The number of esters is 1. The van der Waals surface area contributed by atoms with E-state index in [0.717, 1.165) is 5.56 Å². The lowest BCUT2D eigenvalue weighted by molar-refractivity contribution is -0.144. The van der Waals surface area contributed by atoms with Crippen molar-refractivity contribution in [2.45, 2.75) is 106 Å². The molecule has 0 aromatic heterocycles. The number of nitrogens with one attached hydrogen (secondary N) is 4. The van der Waals surface area contributed by atoms with Crippen molar-refractivity contribution in [1.29, 1.82) is 0 Å². The monoisotopic (exact) mass is 671 g/mol. The maximum absolute atomic E-state index is 14.1. The van der Waals surface area contributed by atoms with E-state index in [4.69, 9.17) is 4.74 Å². The first-order valence-corrected chi connectivity index (χ1v) is 16.9. The molecule has 0 bridgehead atoms. The van der Waals surface area contributed by atoms with Gasteiger partial charge in [0.05, 0.1) is 6.04 Å². The topological polar surface area (TPSA) is 163 Å². The average Bonchev–Trinajstić information content (AvgIpc) is 3.50. The number of Topliss-reactive ketones (excluding diaryl/α,β-unsaturated/α-hetero) is 1. The molecule has 12 heteroatoms. The van der Waals surface area contributed by atoms with Gasteiger partial charge in [0.2, 0.25) is 17.6 Å². The Morgan fingerprint density at radius 3 is 2.17 bits per heavy atom. The summed E-state index contributed by atoms with van der Waals surface area (Å²) in [6, 6.07) is 5.38. The maximum Gasteiger partial charge on any atom is 0.325 e. The Morgan fingerprint density at radius 1 is 1.00 bits per heavy atom. The molecule has 1 aliphatic rings. The Balaban J connectivity index is 0.00000369. The number of rotatable bonds is 15. The smallest absolute Gasteiger partial charge is 0.325 e. The highest BCUT2D eigenvalue weighted by molar-refractivity contribution is 6.38.